The molecule has 5 nitrogen and oxygen atoms in total. The summed E-state index contributed by atoms with van der Waals surface area (Å²) < 4.78 is 5.85. The van der Waals surface area contributed by atoms with E-state index in [0.29, 0.717) is 23.4 Å². The van der Waals surface area contributed by atoms with Gasteiger partial charge < -0.3 is 15.0 Å². The van der Waals surface area contributed by atoms with Crippen molar-refractivity contribution in [2.45, 2.75) is 39.2 Å². The number of rotatable bonds is 6. The van der Waals surface area contributed by atoms with Gasteiger partial charge in [0.25, 0.3) is 11.8 Å². The Morgan fingerprint density at radius 2 is 1.85 bits per heavy atom. The summed E-state index contributed by atoms with van der Waals surface area (Å²) >= 11 is 0. The highest BCUT2D eigenvalue weighted by Gasteiger charge is 2.21. The third kappa shape index (κ3) is 4.88. The summed E-state index contributed by atoms with van der Waals surface area (Å²) in [5, 5.41) is 2.88. The molecule has 1 unspecified atom stereocenters. The second kappa shape index (κ2) is 8.71. The Hall–Kier alpha value is -2.82. The number of hydrogen-bond acceptors (Lipinski definition) is 3. The number of nitrogens with zero attached hydrogens (tertiary/aromatic N) is 1. The van der Waals surface area contributed by atoms with Crippen LogP contribution in [0.5, 0.6) is 5.75 Å². The lowest BCUT2D eigenvalue weighted by atomic mass is 10.1. The lowest BCUT2D eigenvalue weighted by Gasteiger charge is -2.18. The normalized spacial score (nSPS) is 14.7. The molecule has 2 amide bonds. The molecule has 27 heavy (non-hydrogen) atoms. The van der Waals surface area contributed by atoms with Crippen LogP contribution in [0.4, 0.5) is 5.69 Å². The number of nitrogens with one attached hydrogen (secondary N) is 1. The summed E-state index contributed by atoms with van der Waals surface area (Å²) in [6.07, 6.45) is 2.06. The van der Waals surface area contributed by atoms with Crippen LogP contribution >= 0.6 is 0 Å². The Morgan fingerprint density at radius 1 is 1.11 bits per heavy atom. The topological polar surface area (TPSA) is 58.6 Å². The highest BCUT2D eigenvalue weighted by atomic mass is 16.5. The molecule has 1 atom stereocenters. The zero-order valence-corrected chi connectivity index (χ0v) is 15.9. The average Bonchev–Trinajstić information content (AvgIpc) is 3.20. The summed E-state index contributed by atoms with van der Waals surface area (Å²) in [4.78, 5) is 27.0. The first-order chi connectivity index (χ1) is 13.1. The van der Waals surface area contributed by atoms with E-state index < -0.39 is 6.10 Å². The van der Waals surface area contributed by atoms with Crippen LogP contribution in [-0.4, -0.2) is 35.9 Å². The third-order valence-electron chi connectivity index (χ3n) is 4.70. The number of anilines is 1. The quantitative estimate of drug-likeness (QED) is 0.840. The fraction of sp³-hybridized carbons (Fsp3) is 0.364. The number of amides is 2. The molecule has 0 aliphatic carbocycles. The molecule has 2 aromatic carbocycles. The van der Waals surface area contributed by atoms with Gasteiger partial charge in [0.15, 0.2) is 6.10 Å². The number of aryl methyl sites for hydroxylation is 1. The van der Waals surface area contributed by atoms with E-state index in [4.69, 9.17) is 4.74 Å². The molecule has 1 aliphatic heterocycles. The van der Waals surface area contributed by atoms with Crippen LogP contribution in [0, 0.1) is 6.92 Å². The maximum atomic E-state index is 12.6. The Balaban J connectivity index is 1.67. The van der Waals surface area contributed by atoms with Crippen molar-refractivity contribution in [1.82, 2.24) is 4.90 Å². The predicted octanol–water partition coefficient (Wildman–Crippen LogP) is 4.03. The van der Waals surface area contributed by atoms with Crippen LogP contribution in [0.3, 0.4) is 0 Å². The first kappa shape index (κ1) is 19.0. The molecule has 1 heterocycles. The molecule has 3 rings (SSSR count). The molecule has 1 fully saturated rings. The molecule has 2 aromatic rings. The van der Waals surface area contributed by atoms with Crippen LogP contribution < -0.4 is 10.1 Å². The lowest BCUT2D eigenvalue weighted by molar-refractivity contribution is -0.122. The van der Waals surface area contributed by atoms with Gasteiger partial charge >= 0.3 is 0 Å². The van der Waals surface area contributed by atoms with Gasteiger partial charge in [-0.05, 0) is 62.1 Å². The average molecular weight is 366 g/mol. The molecule has 0 bridgehead atoms. The molecular weight excluding hydrogens is 340 g/mol. The van der Waals surface area contributed by atoms with E-state index in [1.54, 1.807) is 24.3 Å². The Labute approximate surface area is 160 Å². The van der Waals surface area contributed by atoms with Crippen molar-refractivity contribution in [2.75, 3.05) is 18.4 Å². The van der Waals surface area contributed by atoms with Crippen molar-refractivity contribution >= 4 is 17.5 Å². The minimum absolute atomic E-state index is 0.0200. The largest absolute Gasteiger partial charge is 0.481 e. The van der Waals surface area contributed by atoms with Crippen molar-refractivity contribution in [3.8, 4) is 5.75 Å². The molecule has 0 spiro atoms. The fourth-order valence-electron chi connectivity index (χ4n) is 3.23. The molecule has 0 saturated carbocycles. The summed E-state index contributed by atoms with van der Waals surface area (Å²) in [6.45, 7) is 5.50. The van der Waals surface area contributed by atoms with Crippen LogP contribution in [0.15, 0.2) is 48.5 Å². The molecule has 1 saturated heterocycles. The van der Waals surface area contributed by atoms with Gasteiger partial charge in [0.2, 0.25) is 0 Å². The second-order valence-electron chi connectivity index (χ2n) is 6.90. The van der Waals surface area contributed by atoms with Crippen LogP contribution in [0.1, 0.15) is 42.1 Å². The molecule has 1 N–H and O–H groups in total. The summed E-state index contributed by atoms with van der Waals surface area (Å²) in [5.74, 6) is 0.478. The molecule has 1 aliphatic rings. The molecule has 0 radical (unpaired) electrons. The number of carbonyl (C=O) groups is 2. The van der Waals surface area contributed by atoms with Crippen molar-refractivity contribution in [1.29, 1.82) is 0 Å². The molecule has 0 aromatic heterocycles. The van der Waals surface area contributed by atoms with Gasteiger partial charge in [0, 0.05) is 24.3 Å². The van der Waals surface area contributed by atoms with Gasteiger partial charge in [0.1, 0.15) is 5.75 Å². The van der Waals surface area contributed by atoms with Gasteiger partial charge in [-0.3, -0.25) is 9.59 Å². The van der Waals surface area contributed by atoms with E-state index in [1.807, 2.05) is 43.0 Å². The van der Waals surface area contributed by atoms with Crippen molar-refractivity contribution in [3.63, 3.8) is 0 Å². The lowest BCUT2D eigenvalue weighted by Crippen LogP contribution is -2.32. The van der Waals surface area contributed by atoms with Crippen molar-refractivity contribution in [2.24, 2.45) is 0 Å². The number of likely N-dealkylation sites (tertiary alicyclic amines) is 1. The van der Waals surface area contributed by atoms with Crippen LogP contribution in [0.2, 0.25) is 0 Å². The molecular formula is C22H26N2O3. The number of ether oxygens (including phenoxy) is 1. The van der Waals surface area contributed by atoms with E-state index in [2.05, 4.69) is 5.32 Å². The summed E-state index contributed by atoms with van der Waals surface area (Å²) in [6, 6.07) is 14.7. The SMILES string of the molecule is CCC(Oc1cccc(C)c1)C(=O)Nc1cccc(C(=O)N2CCCC2)c1. The zero-order valence-electron chi connectivity index (χ0n) is 15.9. The summed E-state index contributed by atoms with van der Waals surface area (Å²) in [7, 11) is 0. The Morgan fingerprint density at radius 3 is 2.56 bits per heavy atom. The van der Waals surface area contributed by atoms with E-state index in [0.717, 1.165) is 31.5 Å². The van der Waals surface area contributed by atoms with Crippen molar-refractivity contribution in [3.05, 3.63) is 59.7 Å². The minimum atomic E-state index is -0.593. The van der Waals surface area contributed by atoms with Gasteiger partial charge in [-0.2, -0.15) is 0 Å². The van der Waals surface area contributed by atoms with Crippen LogP contribution in [-0.2, 0) is 4.79 Å². The smallest absolute Gasteiger partial charge is 0.265 e. The highest BCUT2D eigenvalue weighted by molar-refractivity contribution is 5.98. The Bertz CT molecular complexity index is 813. The second-order valence-corrected chi connectivity index (χ2v) is 6.90. The van der Waals surface area contributed by atoms with Crippen LogP contribution in [0.25, 0.3) is 0 Å². The third-order valence-corrected chi connectivity index (χ3v) is 4.70. The Kier molecular flexibility index (Phi) is 6.12. The molecule has 142 valence electrons. The highest BCUT2D eigenvalue weighted by Crippen LogP contribution is 2.19. The standard InChI is InChI=1S/C22H26N2O3/c1-3-20(27-19-11-6-8-16(2)14-19)21(25)23-18-10-7-9-17(15-18)22(26)24-12-4-5-13-24/h6-11,14-15,20H,3-5,12-13H2,1-2H3,(H,23,25). The maximum Gasteiger partial charge on any atom is 0.265 e. The monoisotopic (exact) mass is 366 g/mol. The molecule has 5 heteroatoms. The summed E-state index contributed by atoms with van der Waals surface area (Å²) in [5.41, 5.74) is 2.29. The predicted molar refractivity (Wildman–Crippen MR) is 106 cm³/mol. The van der Waals surface area contributed by atoms with Gasteiger partial charge in [-0.25, -0.2) is 0 Å². The fourth-order valence-corrected chi connectivity index (χ4v) is 3.23. The number of hydrogen-bond donors (Lipinski definition) is 1. The number of carbonyl (C=O) groups excluding carboxylic acids is 2. The maximum absolute atomic E-state index is 12.6. The van der Waals surface area contributed by atoms with Gasteiger partial charge in [0.05, 0.1) is 0 Å². The van der Waals surface area contributed by atoms with E-state index >= 15 is 0 Å². The number of benzene rings is 2. The van der Waals surface area contributed by atoms with E-state index in [1.165, 1.54) is 0 Å². The van der Waals surface area contributed by atoms with E-state index in [9.17, 15) is 9.59 Å². The first-order valence-corrected chi connectivity index (χ1v) is 9.50. The van der Waals surface area contributed by atoms with Gasteiger partial charge in [-0.1, -0.05) is 25.1 Å². The van der Waals surface area contributed by atoms with Crippen molar-refractivity contribution < 1.29 is 14.3 Å². The zero-order chi connectivity index (χ0) is 19.2. The minimum Gasteiger partial charge on any atom is -0.481 e. The van der Waals surface area contributed by atoms with E-state index in [-0.39, 0.29) is 11.8 Å². The first-order valence-electron chi connectivity index (χ1n) is 9.50. The van der Waals surface area contributed by atoms with Gasteiger partial charge in [-0.15, -0.1) is 0 Å².